The van der Waals surface area contributed by atoms with E-state index in [2.05, 4.69) is 59.9 Å². The maximum atomic E-state index is 4.45. The number of hydrogen-bond acceptors (Lipinski definition) is 2. The Morgan fingerprint density at radius 2 is 2.00 bits per heavy atom. The number of aryl methyl sites for hydroxylation is 1. The number of nitrogens with zero attached hydrogens (tertiary/aromatic N) is 2. The molecule has 1 saturated carbocycles. The van der Waals surface area contributed by atoms with Crippen LogP contribution in [0.15, 0.2) is 36.5 Å². The van der Waals surface area contributed by atoms with E-state index in [0.717, 1.165) is 12.4 Å². The Morgan fingerprint density at radius 1 is 1.32 bits per heavy atom. The summed E-state index contributed by atoms with van der Waals surface area (Å²) in [7, 11) is 0. The van der Waals surface area contributed by atoms with E-state index in [1.165, 1.54) is 17.8 Å². The van der Waals surface area contributed by atoms with E-state index < -0.39 is 0 Å². The van der Waals surface area contributed by atoms with Crippen molar-refractivity contribution in [3.05, 3.63) is 48.0 Å². The minimum atomic E-state index is 0.465. The molecule has 0 radical (unpaired) electrons. The van der Waals surface area contributed by atoms with Gasteiger partial charge in [-0.1, -0.05) is 32.0 Å². The Bertz CT molecular complexity index is 569. The van der Waals surface area contributed by atoms with Gasteiger partial charge in [-0.05, 0) is 30.9 Å². The van der Waals surface area contributed by atoms with Gasteiger partial charge in [0.1, 0.15) is 5.82 Å². The molecule has 1 aromatic carbocycles. The highest BCUT2D eigenvalue weighted by Gasteiger charge is 2.45. The van der Waals surface area contributed by atoms with Crippen molar-refractivity contribution < 1.29 is 0 Å². The lowest BCUT2D eigenvalue weighted by molar-refractivity contribution is 0.536. The molecule has 1 aliphatic carbocycles. The number of benzene rings is 1. The van der Waals surface area contributed by atoms with E-state index in [1.807, 2.05) is 12.3 Å². The average Bonchev–Trinajstić information content (AvgIpc) is 2.84. The second kappa shape index (κ2) is 4.49. The zero-order valence-corrected chi connectivity index (χ0v) is 11.9. The second-order valence-corrected chi connectivity index (χ2v) is 6.09. The number of nitrogens with one attached hydrogen (secondary N) is 1. The quantitative estimate of drug-likeness (QED) is 0.910. The van der Waals surface area contributed by atoms with Crippen LogP contribution in [-0.2, 0) is 6.54 Å². The first-order valence-electron chi connectivity index (χ1n) is 6.90. The van der Waals surface area contributed by atoms with Gasteiger partial charge in [0.25, 0.3) is 0 Å². The number of para-hydroxylation sites is 1. The van der Waals surface area contributed by atoms with Crippen LogP contribution in [0.1, 0.15) is 31.8 Å². The van der Waals surface area contributed by atoms with E-state index in [9.17, 15) is 0 Å². The van der Waals surface area contributed by atoms with E-state index in [-0.39, 0.29) is 0 Å². The van der Waals surface area contributed by atoms with Crippen LogP contribution in [0.4, 0.5) is 0 Å². The monoisotopic (exact) mass is 255 g/mol. The maximum absolute atomic E-state index is 4.45. The van der Waals surface area contributed by atoms with E-state index in [4.69, 9.17) is 0 Å². The van der Waals surface area contributed by atoms with Crippen LogP contribution in [0.5, 0.6) is 0 Å². The normalized spacial score (nSPS) is 20.5. The zero-order chi connectivity index (χ0) is 13.5. The van der Waals surface area contributed by atoms with Gasteiger partial charge >= 0.3 is 0 Å². The van der Waals surface area contributed by atoms with Crippen LogP contribution >= 0.6 is 0 Å². The lowest BCUT2D eigenvalue weighted by atomic mass is 10.2. The van der Waals surface area contributed by atoms with Crippen LogP contribution in [0.3, 0.4) is 0 Å². The van der Waals surface area contributed by atoms with E-state index in [0.29, 0.717) is 11.5 Å². The van der Waals surface area contributed by atoms with Crippen molar-refractivity contribution in [3.8, 4) is 5.69 Å². The molecule has 19 heavy (non-hydrogen) atoms. The highest BCUT2D eigenvalue weighted by molar-refractivity contribution is 5.35. The first-order chi connectivity index (χ1) is 9.08. The summed E-state index contributed by atoms with van der Waals surface area (Å²) in [6.07, 6.45) is 3.25. The molecule has 1 heterocycles. The van der Waals surface area contributed by atoms with Crippen LogP contribution in [0.25, 0.3) is 5.69 Å². The van der Waals surface area contributed by atoms with Crippen molar-refractivity contribution in [1.82, 2.24) is 14.9 Å². The third kappa shape index (κ3) is 2.43. The summed E-state index contributed by atoms with van der Waals surface area (Å²) in [6.45, 7) is 7.55. The summed E-state index contributed by atoms with van der Waals surface area (Å²) in [6, 6.07) is 11.1. The molecule has 0 bridgehead atoms. The molecule has 0 aliphatic heterocycles. The van der Waals surface area contributed by atoms with E-state index in [1.54, 1.807) is 0 Å². The first kappa shape index (κ1) is 12.4. The van der Waals surface area contributed by atoms with Crippen LogP contribution in [0.2, 0.25) is 0 Å². The molecule has 1 aromatic heterocycles. The lowest BCUT2D eigenvalue weighted by Crippen LogP contribution is -2.21. The van der Waals surface area contributed by atoms with Crippen molar-refractivity contribution in [2.24, 2.45) is 5.41 Å². The molecule has 1 atom stereocenters. The Hall–Kier alpha value is -1.61. The Kier molecular flexibility index (Phi) is 2.94. The standard InChI is InChI=1S/C16H21N3/c1-12-17-10-14(11-18-15-9-16(15,2)3)19(12)13-7-5-4-6-8-13/h4-8,10,15,18H,9,11H2,1-3H3. The largest absolute Gasteiger partial charge is 0.308 e. The maximum Gasteiger partial charge on any atom is 0.110 e. The van der Waals surface area contributed by atoms with Gasteiger partial charge in [0.05, 0.1) is 11.9 Å². The SMILES string of the molecule is Cc1ncc(CNC2CC2(C)C)n1-c1ccccc1. The highest BCUT2D eigenvalue weighted by Crippen LogP contribution is 2.44. The molecule has 3 heteroatoms. The van der Waals surface area contributed by atoms with Gasteiger partial charge in [-0.2, -0.15) is 0 Å². The summed E-state index contributed by atoms with van der Waals surface area (Å²) in [5, 5.41) is 3.63. The van der Waals surface area contributed by atoms with Crippen molar-refractivity contribution in [1.29, 1.82) is 0 Å². The molecule has 2 aromatic rings. The van der Waals surface area contributed by atoms with Gasteiger partial charge in [0.15, 0.2) is 0 Å². The smallest absolute Gasteiger partial charge is 0.110 e. The fraction of sp³-hybridized carbons (Fsp3) is 0.438. The minimum absolute atomic E-state index is 0.465. The second-order valence-electron chi connectivity index (χ2n) is 6.09. The Morgan fingerprint density at radius 3 is 2.63 bits per heavy atom. The summed E-state index contributed by atoms with van der Waals surface area (Å²) in [4.78, 5) is 4.45. The first-order valence-corrected chi connectivity index (χ1v) is 6.90. The van der Waals surface area contributed by atoms with Crippen LogP contribution < -0.4 is 5.32 Å². The molecule has 0 amide bonds. The molecule has 1 N–H and O–H groups in total. The van der Waals surface area contributed by atoms with Gasteiger partial charge in [-0.15, -0.1) is 0 Å². The van der Waals surface area contributed by atoms with Gasteiger partial charge in [-0.25, -0.2) is 4.98 Å². The predicted octanol–water partition coefficient (Wildman–Crippen LogP) is 3.07. The zero-order valence-electron chi connectivity index (χ0n) is 11.9. The minimum Gasteiger partial charge on any atom is -0.308 e. The molecule has 0 saturated heterocycles. The van der Waals surface area contributed by atoms with Crippen molar-refractivity contribution in [3.63, 3.8) is 0 Å². The Balaban J connectivity index is 1.79. The number of rotatable bonds is 4. The highest BCUT2D eigenvalue weighted by atomic mass is 15.1. The number of hydrogen-bond donors (Lipinski definition) is 1. The van der Waals surface area contributed by atoms with Crippen LogP contribution in [-0.4, -0.2) is 15.6 Å². The summed E-state index contributed by atoms with van der Waals surface area (Å²) in [5.74, 6) is 1.04. The summed E-state index contributed by atoms with van der Waals surface area (Å²) in [5.41, 5.74) is 2.88. The van der Waals surface area contributed by atoms with Gasteiger partial charge in [0.2, 0.25) is 0 Å². The third-order valence-electron chi connectivity index (χ3n) is 4.07. The lowest BCUT2D eigenvalue weighted by Gasteiger charge is -2.11. The van der Waals surface area contributed by atoms with Crippen molar-refractivity contribution in [2.45, 2.75) is 39.8 Å². The van der Waals surface area contributed by atoms with Gasteiger partial charge in [0, 0.05) is 18.3 Å². The topological polar surface area (TPSA) is 29.9 Å². The van der Waals surface area contributed by atoms with Crippen molar-refractivity contribution >= 4 is 0 Å². The molecular weight excluding hydrogens is 234 g/mol. The number of imidazole rings is 1. The third-order valence-corrected chi connectivity index (χ3v) is 4.07. The number of aromatic nitrogens is 2. The molecule has 100 valence electrons. The molecular formula is C16H21N3. The predicted molar refractivity (Wildman–Crippen MR) is 77.3 cm³/mol. The molecule has 1 fully saturated rings. The van der Waals surface area contributed by atoms with Crippen molar-refractivity contribution in [2.75, 3.05) is 0 Å². The molecule has 3 rings (SSSR count). The van der Waals surface area contributed by atoms with E-state index >= 15 is 0 Å². The summed E-state index contributed by atoms with van der Waals surface area (Å²) >= 11 is 0. The average molecular weight is 255 g/mol. The molecule has 3 nitrogen and oxygen atoms in total. The fourth-order valence-corrected chi connectivity index (χ4v) is 2.59. The summed E-state index contributed by atoms with van der Waals surface area (Å²) < 4.78 is 2.22. The Labute approximate surface area is 114 Å². The van der Waals surface area contributed by atoms with Gasteiger partial charge < -0.3 is 5.32 Å². The van der Waals surface area contributed by atoms with Crippen LogP contribution in [0, 0.1) is 12.3 Å². The van der Waals surface area contributed by atoms with Gasteiger partial charge in [-0.3, -0.25) is 4.57 Å². The molecule has 1 aliphatic rings. The molecule has 0 spiro atoms. The molecule has 1 unspecified atom stereocenters. The fourth-order valence-electron chi connectivity index (χ4n) is 2.59.